The van der Waals surface area contributed by atoms with Gasteiger partial charge in [-0.15, -0.1) is 0 Å². The molecule has 2 nitrogen and oxygen atoms in total. The number of hydrogen-bond donors (Lipinski definition) is 0. The van der Waals surface area contributed by atoms with E-state index < -0.39 is 10.8 Å². The highest BCUT2D eigenvalue weighted by molar-refractivity contribution is 7.84. The standard InChI is InChI=1S/C20H28O2S/c1-19-8-4-5-15(19)18-16(7-9-19)20(2)10-6-14(21)11-13(20)12-17(18)23(3)22/h6,10-11,15-18H,4-5,7-9,12H2,1-3H3/t15-,16-,17-,18-,19-,20-,23?/m0/s1. The predicted octanol–water partition coefficient (Wildman–Crippen LogP) is 4.04. The van der Waals surface area contributed by atoms with Crippen LogP contribution in [0.15, 0.2) is 23.8 Å². The van der Waals surface area contributed by atoms with Crippen LogP contribution in [0.5, 0.6) is 0 Å². The Bertz CT molecular complexity index is 634. The van der Waals surface area contributed by atoms with E-state index in [1.807, 2.05) is 12.3 Å². The third kappa shape index (κ3) is 2.18. The first kappa shape index (κ1) is 15.8. The highest BCUT2D eigenvalue weighted by atomic mass is 32.2. The van der Waals surface area contributed by atoms with Gasteiger partial charge in [-0.3, -0.25) is 9.00 Å². The average Bonchev–Trinajstić information content (AvgIpc) is 2.89. The Morgan fingerprint density at radius 1 is 1.17 bits per heavy atom. The van der Waals surface area contributed by atoms with Gasteiger partial charge in [0.1, 0.15) is 0 Å². The molecule has 3 saturated carbocycles. The van der Waals surface area contributed by atoms with Crippen molar-refractivity contribution in [3.8, 4) is 0 Å². The van der Waals surface area contributed by atoms with Gasteiger partial charge < -0.3 is 0 Å². The van der Waals surface area contributed by atoms with E-state index in [0.29, 0.717) is 17.3 Å². The Labute approximate surface area is 142 Å². The van der Waals surface area contributed by atoms with E-state index in [1.165, 1.54) is 37.7 Å². The normalized spacial score (nSPS) is 49.9. The van der Waals surface area contributed by atoms with Crippen LogP contribution in [-0.4, -0.2) is 21.5 Å². The highest BCUT2D eigenvalue weighted by Gasteiger charge is 2.59. The molecule has 0 amide bonds. The van der Waals surface area contributed by atoms with Crippen LogP contribution in [0, 0.1) is 28.6 Å². The van der Waals surface area contributed by atoms with Gasteiger partial charge in [0.05, 0.1) is 0 Å². The van der Waals surface area contributed by atoms with E-state index >= 15 is 0 Å². The second-order valence-corrected chi connectivity index (χ2v) is 10.4. The van der Waals surface area contributed by atoms with E-state index in [2.05, 4.69) is 19.9 Å². The number of fused-ring (bicyclic) bond motifs is 5. The molecule has 0 bridgehead atoms. The van der Waals surface area contributed by atoms with Crippen LogP contribution in [0.4, 0.5) is 0 Å². The molecular weight excluding hydrogens is 304 g/mol. The summed E-state index contributed by atoms with van der Waals surface area (Å²) >= 11 is 0. The number of rotatable bonds is 1. The van der Waals surface area contributed by atoms with E-state index in [-0.39, 0.29) is 16.4 Å². The molecule has 4 rings (SSSR count). The van der Waals surface area contributed by atoms with Gasteiger partial charge in [-0.25, -0.2) is 0 Å². The maximum Gasteiger partial charge on any atom is 0.178 e. The molecule has 0 radical (unpaired) electrons. The maximum atomic E-state index is 12.6. The van der Waals surface area contributed by atoms with Crippen molar-refractivity contribution in [2.75, 3.05) is 6.26 Å². The highest BCUT2D eigenvalue weighted by Crippen LogP contribution is 2.65. The Kier molecular flexibility index (Phi) is 3.54. The van der Waals surface area contributed by atoms with Crippen LogP contribution in [0.3, 0.4) is 0 Å². The van der Waals surface area contributed by atoms with Gasteiger partial charge in [-0.2, -0.15) is 0 Å². The summed E-state index contributed by atoms with van der Waals surface area (Å²) in [6.07, 6.45) is 15.0. The molecule has 23 heavy (non-hydrogen) atoms. The third-order valence-electron chi connectivity index (χ3n) is 7.76. The minimum absolute atomic E-state index is 0.0123. The zero-order valence-corrected chi connectivity index (χ0v) is 15.3. The largest absolute Gasteiger partial charge is 0.290 e. The molecule has 7 atom stereocenters. The molecular formula is C20H28O2S. The Morgan fingerprint density at radius 2 is 1.96 bits per heavy atom. The van der Waals surface area contributed by atoms with Gasteiger partial charge in [0.2, 0.25) is 0 Å². The second-order valence-electron chi connectivity index (χ2n) is 8.80. The molecule has 4 aliphatic carbocycles. The fourth-order valence-electron chi connectivity index (χ4n) is 6.47. The van der Waals surface area contributed by atoms with E-state index in [1.54, 1.807) is 6.08 Å². The van der Waals surface area contributed by atoms with Crippen LogP contribution in [0.2, 0.25) is 0 Å². The van der Waals surface area contributed by atoms with Gasteiger partial charge >= 0.3 is 0 Å². The topological polar surface area (TPSA) is 34.1 Å². The van der Waals surface area contributed by atoms with Crippen molar-refractivity contribution >= 4 is 16.6 Å². The minimum Gasteiger partial charge on any atom is -0.290 e. The van der Waals surface area contributed by atoms with Gasteiger partial charge in [0.15, 0.2) is 5.78 Å². The molecule has 0 aromatic heterocycles. The number of hydrogen-bond acceptors (Lipinski definition) is 2. The Morgan fingerprint density at radius 3 is 2.70 bits per heavy atom. The first-order chi connectivity index (χ1) is 10.8. The minimum atomic E-state index is -0.819. The summed E-state index contributed by atoms with van der Waals surface area (Å²) in [5.41, 5.74) is 1.72. The zero-order chi connectivity index (χ0) is 16.4. The van der Waals surface area contributed by atoms with Crippen molar-refractivity contribution in [3.05, 3.63) is 23.8 Å². The summed E-state index contributed by atoms with van der Waals surface area (Å²) in [6.45, 7) is 4.80. The van der Waals surface area contributed by atoms with Crippen LogP contribution in [0.25, 0.3) is 0 Å². The lowest BCUT2D eigenvalue weighted by atomic mass is 9.48. The van der Waals surface area contributed by atoms with E-state index in [4.69, 9.17) is 0 Å². The third-order valence-corrected chi connectivity index (χ3v) is 9.10. The molecule has 0 aromatic carbocycles. The lowest BCUT2D eigenvalue weighted by Crippen LogP contribution is -2.54. The molecule has 4 aliphatic rings. The first-order valence-corrected chi connectivity index (χ1v) is 10.7. The summed E-state index contributed by atoms with van der Waals surface area (Å²) in [5.74, 6) is 1.94. The Hall–Kier alpha value is -0.700. The van der Waals surface area contributed by atoms with Crippen LogP contribution in [-0.2, 0) is 15.6 Å². The molecule has 126 valence electrons. The van der Waals surface area contributed by atoms with Crippen molar-refractivity contribution < 1.29 is 9.00 Å². The molecule has 0 aliphatic heterocycles. The molecule has 0 spiro atoms. The van der Waals surface area contributed by atoms with Gasteiger partial charge in [0, 0.05) is 27.7 Å². The summed E-state index contributed by atoms with van der Waals surface area (Å²) in [5, 5.41) is 0.237. The quantitative estimate of drug-likeness (QED) is 0.726. The second kappa shape index (κ2) is 5.15. The number of carbonyl (C=O) groups is 1. The summed E-state index contributed by atoms with van der Waals surface area (Å²) in [6, 6.07) is 0. The van der Waals surface area contributed by atoms with Crippen molar-refractivity contribution in [1.29, 1.82) is 0 Å². The zero-order valence-electron chi connectivity index (χ0n) is 14.5. The average molecular weight is 333 g/mol. The first-order valence-electron chi connectivity index (χ1n) is 9.12. The molecule has 3 fully saturated rings. The fourth-order valence-corrected chi connectivity index (χ4v) is 7.71. The molecule has 0 saturated heterocycles. The summed E-state index contributed by atoms with van der Waals surface area (Å²) < 4.78 is 12.6. The van der Waals surface area contributed by atoms with Crippen molar-refractivity contribution in [1.82, 2.24) is 0 Å². The van der Waals surface area contributed by atoms with Crippen LogP contribution in [0.1, 0.15) is 52.4 Å². The predicted molar refractivity (Wildman–Crippen MR) is 94.5 cm³/mol. The lowest BCUT2D eigenvalue weighted by Gasteiger charge is -2.58. The molecule has 0 N–H and O–H groups in total. The number of ketones is 1. The smallest absolute Gasteiger partial charge is 0.178 e. The fraction of sp³-hybridized carbons (Fsp3) is 0.750. The van der Waals surface area contributed by atoms with Crippen molar-refractivity contribution in [2.45, 2.75) is 57.6 Å². The molecule has 0 heterocycles. The molecule has 3 heteroatoms. The molecule has 1 unspecified atom stereocenters. The monoisotopic (exact) mass is 332 g/mol. The molecule has 0 aromatic rings. The van der Waals surface area contributed by atoms with Crippen LogP contribution >= 0.6 is 0 Å². The van der Waals surface area contributed by atoms with E-state index in [0.717, 1.165) is 12.3 Å². The number of allylic oxidation sites excluding steroid dienone is 4. The van der Waals surface area contributed by atoms with Gasteiger partial charge in [-0.05, 0) is 67.4 Å². The Balaban J connectivity index is 1.80. The van der Waals surface area contributed by atoms with E-state index in [9.17, 15) is 9.00 Å². The van der Waals surface area contributed by atoms with Gasteiger partial charge in [0.25, 0.3) is 0 Å². The maximum absolute atomic E-state index is 12.6. The van der Waals surface area contributed by atoms with Gasteiger partial charge in [-0.1, -0.05) is 31.9 Å². The summed E-state index contributed by atoms with van der Waals surface area (Å²) in [4.78, 5) is 11.9. The number of carbonyl (C=O) groups excluding carboxylic acids is 1. The summed E-state index contributed by atoms with van der Waals surface area (Å²) in [7, 11) is -0.819. The van der Waals surface area contributed by atoms with Crippen molar-refractivity contribution in [2.24, 2.45) is 28.6 Å². The lowest BCUT2D eigenvalue weighted by molar-refractivity contribution is -0.111. The van der Waals surface area contributed by atoms with Crippen LogP contribution < -0.4 is 0 Å². The van der Waals surface area contributed by atoms with Crippen molar-refractivity contribution in [3.63, 3.8) is 0 Å². The SMILES string of the molecule is CS(=O)[C@H]1CC2=CC(=O)C=C[C@]2(C)[C@H]2CC[C@]3(C)CCC[C@H]3[C@H]12.